The van der Waals surface area contributed by atoms with Gasteiger partial charge in [0.25, 0.3) is 0 Å². The van der Waals surface area contributed by atoms with Gasteiger partial charge in [0.05, 0.1) is 29.8 Å². The Morgan fingerprint density at radius 3 is 2.50 bits per heavy atom. The monoisotopic (exact) mass is 454 g/mol. The topological polar surface area (TPSA) is 65.5 Å². The van der Waals surface area contributed by atoms with Crippen LogP contribution in [0.4, 0.5) is 0 Å². The smallest absolute Gasteiger partial charge is 0.338 e. The molecule has 7 nitrogen and oxygen atoms in total. The Morgan fingerprint density at radius 2 is 1.84 bits per heavy atom. The van der Waals surface area contributed by atoms with Crippen LogP contribution < -0.4 is 0 Å². The van der Waals surface area contributed by atoms with Crippen LogP contribution in [0.5, 0.6) is 0 Å². The number of piperazine rings is 1. The summed E-state index contributed by atoms with van der Waals surface area (Å²) in [6.45, 7) is 8.79. The lowest BCUT2D eigenvalue weighted by atomic mass is 9.94. The van der Waals surface area contributed by atoms with Gasteiger partial charge in [-0.2, -0.15) is 0 Å². The molecule has 1 aromatic carbocycles. The van der Waals surface area contributed by atoms with Crippen LogP contribution in [-0.4, -0.2) is 71.1 Å². The van der Waals surface area contributed by atoms with Gasteiger partial charge < -0.3 is 19.4 Å². The number of amidine groups is 1. The van der Waals surface area contributed by atoms with E-state index in [0.29, 0.717) is 11.3 Å². The summed E-state index contributed by atoms with van der Waals surface area (Å²) in [7, 11) is 2.07. The summed E-state index contributed by atoms with van der Waals surface area (Å²) in [6.07, 6.45) is 0.0522. The van der Waals surface area contributed by atoms with Gasteiger partial charge in [-0.1, -0.05) is 42.1 Å². The number of esters is 1. The number of amides is 1. The zero-order valence-electron chi connectivity index (χ0n) is 19.1. The molecule has 1 fully saturated rings. The summed E-state index contributed by atoms with van der Waals surface area (Å²) >= 11 is 1.50. The van der Waals surface area contributed by atoms with E-state index in [1.165, 1.54) is 11.8 Å². The Hall–Kier alpha value is -2.58. The van der Waals surface area contributed by atoms with Crippen molar-refractivity contribution in [3.05, 3.63) is 58.3 Å². The predicted octanol–water partition coefficient (Wildman–Crippen LogP) is 3.38. The molecule has 3 aliphatic heterocycles. The first-order valence-electron chi connectivity index (χ1n) is 11.0. The number of ether oxygens (including phenoxy) is 1. The fourth-order valence-electron chi connectivity index (χ4n) is 4.18. The van der Waals surface area contributed by atoms with E-state index in [-0.39, 0.29) is 30.4 Å². The van der Waals surface area contributed by atoms with Gasteiger partial charge in [0.2, 0.25) is 5.91 Å². The number of fused-ring (bicyclic) bond motifs is 1. The summed E-state index contributed by atoms with van der Waals surface area (Å²) in [6, 6.07) is 9.51. The number of rotatable bonds is 5. The van der Waals surface area contributed by atoms with E-state index in [1.807, 2.05) is 66.3 Å². The Kier molecular flexibility index (Phi) is 6.71. The molecule has 1 saturated heterocycles. The molecule has 0 radical (unpaired) electrons. The highest BCUT2D eigenvalue weighted by molar-refractivity contribution is 8.16. The lowest BCUT2D eigenvalue weighted by molar-refractivity contribution is -0.143. The van der Waals surface area contributed by atoms with Crippen molar-refractivity contribution < 1.29 is 14.3 Å². The van der Waals surface area contributed by atoms with Crippen LogP contribution in [-0.2, 0) is 14.3 Å². The molecule has 3 aliphatic rings. The molecule has 1 unspecified atom stereocenters. The standard InChI is InChI=1S/C24H30N4O3S/c1-16(2)31-23(30)21-17(3)25-24-28(22(21)18-8-6-5-7-9-18)19(15-32-24)14-20(29)27-12-10-26(4)11-13-27/h5-9,15-16,22H,10-14H2,1-4H3. The van der Waals surface area contributed by atoms with E-state index in [1.54, 1.807) is 0 Å². The molecule has 4 rings (SSSR count). The highest BCUT2D eigenvalue weighted by atomic mass is 32.2. The molecule has 1 atom stereocenters. The SMILES string of the molecule is CC1=C(C(=O)OC(C)C)C(c2ccccc2)N2C(CC(=O)N3CCN(C)CC3)=CSC2=N1. The minimum absolute atomic E-state index is 0.107. The number of hydrogen-bond acceptors (Lipinski definition) is 7. The number of carbonyl (C=O) groups is 2. The van der Waals surface area contributed by atoms with Gasteiger partial charge in [-0.05, 0) is 38.8 Å². The van der Waals surface area contributed by atoms with Crippen molar-refractivity contribution in [3.63, 3.8) is 0 Å². The summed E-state index contributed by atoms with van der Waals surface area (Å²) < 4.78 is 5.58. The molecule has 0 aromatic heterocycles. The van der Waals surface area contributed by atoms with Gasteiger partial charge in [0.1, 0.15) is 0 Å². The highest BCUT2D eigenvalue weighted by Crippen LogP contribution is 2.45. The number of likely N-dealkylation sites (N-methyl/N-ethyl adjacent to an activating group) is 1. The molecule has 8 heteroatoms. The normalized spacial score (nSPS) is 21.5. The highest BCUT2D eigenvalue weighted by Gasteiger charge is 2.41. The maximum atomic E-state index is 13.1. The van der Waals surface area contributed by atoms with Gasteiger partial charge in [0.15, 0.2) is 5.17 Å². The average molecular weight is 455 g/mol. The summed E-state index contributed by atoms with van der Waals surface area (Å²) in [5.41, 5.74) is 3.02. The number of hydrogen-bond donors (Lipinski definition) is 0. The first-order valence-corrected chi connectivity index (χ1v) is 11.9. The Labute approximate surface area is 193 Å². The van der Waals surface area contributed by atoms with Crippen LogP contribution in [0.2, 0.25) is 0 Å². The minimum atomic E-state index is -0.378. The molecule has 1 amide bonds. The largest absolute Gasteiger partial charge is 0.459 e. The summed E-state index contributed by atoms with van der Waals surface area (Å²) in [4.78, 5) is 37.1. The summed E-state index contributed by atoms with van der Waals surface area (Å²) in [5.74, 6) is -0.258. The van der Waals surface area contributed by atoms with Gasteiger partial charge in [-0.3, -0.25) is 4.79 Å². The van der Waals surface area contributed by atoms with Crippen molar-refractivity contribution >= 4 is 28.8 Å². The van der Waals surface area contributed by atoms with Crippen LogP contribution in [0.25, 0.3) is 0 Å². The molecule has 0 aliphatic carbocycles. The third-order valence-corrected chi connectivity index (χ3v) is 6.76. The van der Waals surface area contributed by atoms with Crippen molar-refractivity contribution in [1.29, 1.82) is 0 Å². The fourth-order valence-corrected chi connectivity index (χ4v) is 5.15. The van der Waals surface area contributed by atoms with Crippen molar-refractivity contribution in [2.24, 2.45) is 4.99 Å². The van der Waals surface area contributed by atoms with Crippen LogP contribution in [0.1, 0.15) is 38.8 Å². The fraction of sp³-hybridized carbons (Fsp3) is 0.458. The van der Waals surface area contributed by atoms with E-state index in [2.05, 4.69) is 11.9 Å². The Balaban J connectivity index is 1.64. The van der Waals surface area contributed by atoms with E-state index < -0.39 is 0 Å². The number of aliphatic imine (C=N–C) groups is 1. The van der Waals surface area contributed by atoms with E-state index in [0.717, 1.165) is 42.6 Å². The zero-order chi connectivity index (χ0) is 22.8. The zero-order valence-corrected chi connectivity index (χ0v) is 19.9. The first-order chi connectivity index (χ1) is 15.3. The van der Waals surface area contributed by atoms with Crippen molar-refractivity contribution in [2.75, 3.05) is 33.2 Å². The molecular weight excluding hydrogens is 424 g/mol. The van der Waals surface area contributed by atoms with E-state index in [9.17, 15) is 9.59 Å². The Morgan fingerprint density at radius 1 is 1.16 bits per heavy atom. The maximum absolute atomic E-state index is 13.1. The number of thioether (sulfide) groups is 1. The van der Waals surface area contributed by atoms with E-state index in [4.69, 9.17) is 9.73 Å². The molecular formula is C24H30N4O3S. The molecule has 0 saturated carbocycles. The van der Waals surface area contributed by atoms with Gasteiger partial charge in [-0.25, -0.2) is 9.79 Å². The van der Waals surface area contributed by atoms with Gasteiger partial charge in [0, 0.05) is 31.9 Å². The molecule has 0 bridgehead atoms. The molecule has 32 heavy (non-hydrogen) atoms. The lowest BCUT2D eigenvalue weighted by Crippen LogP contribution is -2.47. The van der Waals surface area contributed by atoms with E-state index >= 15 is 0 Å². The number of benzene rings is 1. The van der Waals surface area contributed by atoms with Crippen LogP contribution in [0.3, 0.4) is 0 Å². The van der Waals surface area contributed by atoms with Gasteiger partial charge >= 0.3 is 5.97 Å². The predicted molar refractivity (Wildman–Crippen MR) is 127 cm³/mol. The molecule has 170 valence electrons. The quantitative estimate of drug-likeness (QED) is 0.636. The number of allylic oxidation sites excluding steroid dienone is 1. The molecule has 0 spiro atoms. The molecule has 1 aromatic rings. The number of carbonyl (C=O) groups excluding carboxylic acids is 2. The van der Waals surface area contributed by atoms with Crippen LogP contribution >= 0.6 is 11.8 Å². The molecule has 3 heterocycles. The second-order valence-corrected chi connectivity index (χ2v) is 9.46. The Bertz CT molecular complexity index is 978. The third-order valence-electron chi connectivity index (χ3n) is 5.87. The van der Waals surface area contributed by atoms with Gasteiger partial charge in [-0.15, -0.1) is 0 Å². The lowest BCUT2D eigenvalue weighted by Gasteiger charge is -2.37. The second-order valence-electron chi connectivity index (χ2n) is 8.62. The first kappa shape index (κ1) is 22.6. The van der Waals surface area contributed by atoms with Crippen LogP contribution in [0.15, 0.2) is 57.7 Å². The second kappa shape index (κ2) is 9.50. The summed E-state index contributed by atoms with van der Waals surface area (Å²) in [5, 5.41) is 2.78. The molecule has 0 N–H and O–H groups in total. The van der Waals surface area contributed by atoms with Crippen molar-refractivity contribution in [3.8, 4) is 0 Å². The van der Waals surface area contributed by atoms with Crippen LogP contribution in [0, 0.1) is 0 Å². The number of nitrogens with zero attached hydrogens (tertiary/aromatic N) is 4. The average Bonchev–Trinajstić information content (AvgIpc) is 3.15. The minimum Gasteiger partial charge on any atom is -0.459 e. The maximum Gasteiger partial charge on any atom is 0.338 e. The van der Waals surface area contributed by atoms with Crippen molar-refractivity contribution in [1.82, 2.24) is 14.7 Å². The third kappa shape index (κ3) is 4.61. The van der Waals surface area contributed by atoms with Crippen molar-refractivity contribution in [2.45, 2.75) is 39.3 Å².